The highest BCUT2D eigenvalue weighted by Crippen LogP contribution is 2.28. The maximum atomic E-state index is 12.9. The van der Waals surface area contributed by atoms with E-state index in [-0.39, 0.29) is 17.5 Å². The van der Waals surface area contributed by atoms with E-state index in [0.717, 1.165) is 11.4 Å². The highest BCUT2D eigenvalue weighted by molar-refractivity contribution is 5.98. The maximum Gasteiger partial charge on any atom is 0.269 e. The number of hydrogen-bond acceptors (Lipinski definition) is 6. The number of nitrogens with one attached hydrogen (secondary N) is 1. The second kappa shape index (κ2) is 9.88. The van der Waals surface area contributed by atoms with Crippen molar-refractivity contribution in [1.29, 1.82) is 0 Å². The van der Waals surface area contributed by atoms with Crippen molar-refractivity contribution >= 4 is 17.5 Å². The van der Waals surface area contributed by atoms with Crippen molar-refractivity contribution in [3.8, 4) is 5.75 Å². The molecule has 0 spiro atoms. The molecule has 2 amide bonds. The number of ether oxygens (including phenoxy) is 2. The normalized spacial score (nSPS) is 13.9. The summed E-state index contributed by atoms with van der Waals surface area (Å²) >= 11 is 0. The molecule has 1 aromatic carbocycles. The summed E-state index contributed by atoms with van der Waals surface area (Å²) in [4.78, 5) is 33.1. The molecule has 154 valence electrons. The molecule has 2 heterocycles. The number of para-hydroxylation sites is 2. The topological polar surface area (TPSA) is 84.0 Å². The Labute approximate surface area is 170 Å². The van der Waals surface area contributed by atoms with E-state index in [9.17, 15) is 9.59 Å². The fourth-order valence-electron chi connectivity index (χ4n) is 3.27. The number of carbonyl (C=O) groups is 2. The zero-order valence-electron chi connectivity index (χ0n) is 16.8. The Morgan fingerprint density at radius 1 is 1.10 bits per heavy atom. The summed E-state index contributed by atoms with van der Waals surface area (Å²) in [5.74, 6) is 0.404. The molecule has 0 unspecified atom stereocenters. The third-order valence-corrected chi connectivity index (χ3v) is 4.82. The van der Waals surface area contributed by atoms with Gasteiger partial charge in [-0.1, -0.05) is 12.1 Å². The van der Waals surface area contributed by atoms with Crippen molar-refractivity contribution in [2.75, 3.05) is 58.5 Å². The Hall–Kier alpha value is -3.13. The number of benzene rings is 1. The summed E-state index contributed by atoms with van der Waals surface area (Å²) in [7, 11) is 3.22. The molecule has 0 radical (unpaired) electrons. The summed E-state index contributed by atoms with van der Waals surface area (Å²) < 4.78 is 10.4. The van der Waals surface area contributed by atoms with E-state index in [0.29, 0.717) is 44.9 Å². The van der Waals surface area contributed by atoms with Gasteiger partial charge < -0.3 is 24.6 Å². The van der Waals surface area contributed by atoms with Gasteiger partial charge in [0.15, 0.2) is 0 Å². The third-order valence-electron chi connectivity index (χ3n) is 4.82. The van der Waals surface area contributed by atoms with Crippen LogP contribution in [0, 0.1) is 0 Å². The van der Waals surface area contributed by atoms with Gasteiger partial charge in [0.05, 0.1) is 19.4 Å². The Morgan fingerprint density at radius 3 is 2.59 bits per heavy atom. The molecule has 1 aliphatic heterocycles. The highest BCUT2D eigenvalue weighted by Gasteiger charge is 2.24. The summed E-state index contributed by atoms with van der Waals surface area (Å²) in [5, 5.41) is 2.71. The SMILES string of the molecule is COCCNC(=O)c1cc(C(=O)N2CCN(c3ccccc3OC)CC2)ccn1. The van der Waals surface area contributed by atoms with Crippen LogP contribution in [0.1, 0.15) is 20.8 Å². The standard InChI is InChI=1S/C21H26N4O4/c1-28-14-9-23-20(26)17-15-16(7-8-22-17)21(27)25-12-10-24(11-13-25)18-5-3-4-6-19(18)29-2/h3-8,15H,9-14H2,1-2H3,(H,23,26). The number of piperazine rings is 1. The second-order valence-electron chi connectivity index (χ2n) is 6.63. The van der Waals surface area contributed by atoms with Crippen LogP contribution in [0.5, 0.6) is 5.75 Å². The van der Waals surface area contributed by atoms with Crippen molar-refractivity contribution in [1.82, 2.24) is 15.2 Å². The smallest absolute Gasteiger partial charge is 0.269 e. The van der Waals surface area contributed by atoms with Crippen LogP contribution in [-0.2, 0) is 4.74 Å². The Morgan fingerprint density at radius 2 is 1.86 bits per heavy atom. The number of methoxy groups -OCH3 is 2. The van der Waals surface area contributed by atoms with Crippen LogP contribution in [0.2, 0.25) is 0 Å². The van der Waals surface area contributed by atoms with E-state index >= 15 is 0 Å². The van der Waals surface area contributed by atoms with Crippen molar-refractivity contribution in [2.45, 2.75) is 0 Å². The predicted molar refractivity (Wildman–Crippen MR) is 110 cm³/mol. The van der Waals surface area contributed by atoms with Crippen LogP contribution in [0.25, 0.3) is 0 Å². The fraction of sp³-hybridized carbons (Fsp3) is 0.381. The molecule has 0 atom stereocenters. The van der Waals surface area contributed by atoms with Crippen LogP contribution in [0.4, 0.5) is 5.69 Å². The van der Waals surface area contributed by atoms with Gasteiger partial charge in [-0.15, -0.1) is 0 Å². The highest BCUT2D eigenvalue weighted by atomic mass is 16.5. The minimum atomic E-state index is -0.322. The van der Waals surface area contributed by atoms with Crippen LogP contribution >= 0.6 is 0 Å². The second-order valence-corrected chi connectivity index (χ2v) is 6.63. The summed E-state index contributed by atoms with van der Waals surface area (Å²) in [6, 6.07) is 11.1. The van der Waals surface area contributed by atoms with Crippen molar-refractivity contribution in [3.05, 3.63) is 53.9 Å². The van der Waals surface area contributed by atoms with Gasteiger partial charge in [-0.2, -0.15) is 0 Å². The van der Waals surface area contributed by atoms with E-state index in [4.69, 9.17) is 9.47 Å². The summed E-state index contributed by atoms with van der Waals surface area (Å²) in [6.07, 6.45) is 1.49. The first-order valence-electron chi connectivity index (χ1n) is 9.54. The number of nitrogens with zero attached hydrogens (tertiary/aromatic N) is 3. The molecule has 3 rings (SSSR count). The first-order chi connectivity index (χ1) is 14.1. The Kier molecular flexibility index (Phi) is 7.02. The number of amides is 2. The molecule has 0 saturated carbocycles. The van der Waals surface area contributed by atoms with Crippen LogP contribution < -0.4 is 15.0 Å². The van der Waals surface area contributed by atoms with Crippen LogP contribution in [0.3, 0.4) is 0 Å². The molecule has 1 fully saturated rings. The van der Waals surface area contributed by atoms with Gasteiger partial charge in [-0.25, -0.2) is 0 Å². The number of pyridine rings is 1. The molecule has 8 heteroatoms. The largest absolute Gasteiger partial charge is 0.495 e. The van der Waals surface area contributed by atoms with Gasteiger partial charge in [0.2, 0.25) is 0 Å². The number of anilines is 1. The molecular formula is C21H26N4O4. The lowest BCUT2D eigenvalue weighted by molar-refractivity contribution is 0.0746. The minimum Gasteiger partial charge on any atom is -0.495 e. The van der Waals surface area contributed by atoms with Gasteiger partial charge in [0, 0.05) is 51.6 Å². The maximum absolute atomic E-state index is 12.9. The molecule has 8 nitrogen and oxygen atoms in total. The molecule has 1 N–H and O–H groups in total. The van der Waals surface area contributed by atoms with Crippen molar-refractivity contribution in [2.24, 2.45) is 0 Å². The lowest BCUT2D eigenvalue weighted by atomic mass is 10.1. The average Bonchev–Trinajstić information content (AvgIpc) is 2.79. The third kappa shape index (κ3) is 5.03. The number of hydrogen-bond donors (Lipinski definition) is 1. The number of rotatable bonds is 7. The minimum absolute atomic E-state index is 0.0991. The van der Waals surface area contributed by atoms with Crippen LogP contribution in [0.15, 0.2) is 42.6 Å². The van der Waals surface area contributed by atoms with Gasteiger partial charge in [0.25, 0.3) is 11.8 Å². The molecule has 0 bridgehead atoms. The van der Waals surface area contributed by atoms with E-state index in [1.807, 2.05) is 24.3 Å². The van der Waals surface area contributed by atoms with Gasteiger partial charge in [-0.05, 0) is 24.3 Å². The lowest BCUT2D eigenvalue weighted by Crippen LogP contribution is -2.49. The van der Waals surface area contributed by atoms with Gasteiger partial charge in [-0.3, -0.25) is 14.6 Å². The van der Waals surface area contributed by atoms with E-state index in [1.54, 1.807) is 25.2 Å². The van der Waals surface area contributed by atoms with Crippen molar-refractivity contribution < 1.29 is 19.1 Å². The van der Waals surface area contributed by atoms with Gasteiger partial charge >= 0.3 is 0 Å². The van der Waals surface area contributed by atoms with Gasteiger partial charge in [0.1, 0.15) is 11.4 Å². The molecule has 29 heavy (non-hydrogen) atoms. The lowest BCUT2D eigenvalue weighted by Gasteiger charge is -2.36. The number of carbonyl (C=O) groups excluding carboxylic acids is 2. The Bertz CT molecular complexity index is 850. The van der Waals surface area contributed by atoms with Crippen molar-refractivity contribution in [3.63, 3.8) is 0 Å². The number of aromatic nitrogens is 1. The zero-order chi connectivity index (χ0) is 20.6. The quantitative estimate of drug-likeness (QED) is 0.711. The molecule has 2 aromatic rings. The summed E-state index contributed by atoms with van der Waals surface area (Å²) in [5.41, 5.74) is 1.71. The Balaban J connectivity index is 1.62. The van der Waals surface area contributed by atoms with E-state index < -0.39 is 0 Å². The van der Waals surface area contributed by atoms with E-state index in [2.05, 4.69) is 15.2 Å². The molecular weight excluding hydrogens is 372 g/mol. The molecule has 1 aromatic heterocycles. The molecule has 1 aliphatic rings. The summed E-state index contributed by atoms with van der Waals surface area (Å²) in [6.45, 7) is 3.41. The first kappa shape index (κ1) is 20.6. The molecule has 0 aliphatic carbocycles. The van der Waals surface area contributed by atoms with Crippen LogP contribution in [-0.4, -0.2) is 75.2 Å². The molecule has 1 saturated heterocycles. The predicted octanol–water partition coefficient (Wildman–Crippen LogP) is 1.43. The average molecular weight is 398 g/mol. The first-order valence-corrected chi connectivity index (χ1v) is 9.54. The zero-order valence-corrected chi connectivity index (χ0v) is 16.8. The fourth-order valence-corrected chi connectivity index (χ4v) is 3.27. The van der Waals surface area contributed by atoms with E-state index in [1.165, 1.54) is 12.3 Å². The monoisotopic (exact) mass is 398 g/mol.